The molecule has 1 aromatic carbocycles. The third-order valence-electron chi connectivity index (χ3n) is 1.82. The number of hydrogen-bond acceptors (Lipinski definition) is 4. The van der Waals surface area contributed by atoms with Crippen LogP contribution in [0, 0.1) is 6.92 Å². The van der Waals surface area contributed by atoms with Gasteiger partial charge in [0.1, 0.15) is 0 Å². The molecule has 1 heterocycles. The van der Waals surface area contributed by atoms with Crippen molar-refractivity contribution in [2.24, 2.45) is 0 Å². The van der Waals surface area contributed by atoms with E-state index in [9.17, 15) is 5.11 Å². The molecule has 2 aromatic rings. The molecule has 0 fully saturated rings. The molecule has 0 aliphatic rings. The molecule has 15 heavy (non-hydrogen) atoms. The Balaban J connectivity index is 2.22. The van der Waals surface area contributed by atoms with E-state index in [1.165, 1.54) is 0 Å². The Labute approximate surface area is 87.2 Å². The summed E-state index contributed by atoms with van der Waals surface area (Å²) < 4.78 is 5.29. The van der Waals surface area contributed by atoms with Gasteiger partial charge in [-0.1, -0.05) is 12.1 Å². The summed E-state index contributed by atoms with van der Waals surface area (Å²) in [6, 6.07) is 6.91. The van der Waals surface area contributed by atoms with E-state index in [0.29, 0.717) is 5.75 Å². The summed E-state index contributed by atoms with van der Waals surface area (Å²) in [5.74, 6) is 0.419. The average Bonchev–Trinajstić information content (AvgIpc) is 2.25. The lowest BCUT2D eigenvalue weighted by Gasteiger charge is -2.04. The molecule has 1 aromatic heterocycles. The lowest BCUT2D eigenvalue weighted by atomic mass is 10.3. The zero-order valence-corrected chi connectivity index (χ0v) is 8.21. The van der Waals surface area contributed by atoms with Crippen LogP contribution in [0.5, 0.6) is 17.5 Å². The predicted octanol–water partition coefficient (Wildman–Crippen LogP) is 2.28. The van der Waals surface area contributed by atoms with Crippen molar-refractivity contribution < 1.29 is 9.84 Å². The highest BCUT2D eigenvalue weighted by molar-refractivity contribution is 5.39. The van der Waals surface area contributed by atoms with Crippen molar-refractivity contribution in [1.82, 2.24) is 9.97 Å². The van der Waals surface area contributed by atoms with Gasteiger partial charge in [-0.2, -0.15) is 0 Å². The minimum Gasteiger partial charge on any atom is -0.504 e. The summed E-state index contributed by atoms with van der Waals surface area (Å²) in [7, 11) is 0. The second kappa shape index (κ2) is 3.96. The summed E-state index contributed by atoms with van der Waals surface area (Å²) >= 11 is 0. The number of aromatic nitrogens is 2. The van der Waals surface area contributed by atoms with Crippen molar-refractivity contribution in [2.45, 2.75) is 6.92 Å². The van der Waals surface area contributed by atoms with Crippen LogP contribution in [0.3, 0.4) is 0 Å². The Morgan fingerprint density at radius 1 is 1.13 bits per heavy atom. The highest BCUT2D eigenvalue weighted by Gasteiger charge is 2.03. The molecule has 0 aliphatic heterocycles. The van der Waals surface area contributed by atoms with Gasteiger partial charge in [0.2, 0.25) is 0 Å². The number of benzene rings is 1. The first kappa shape index (κ1) is 9.45. The molecular formula is C11H10N2O2. The van der Waals surface area contributed by atoms with E-state index in [-0.39, 0.29) is 11.8 Å². The molecule has 2 rings (SSSR count). The number of ether oxygens (including phenoxy) is 1. The highest BCUT2D eigenvalue weighted by Crippen LogP contribution is 2.27. The fourth-order valence-corrected chi connectivity index (χ4v) is 1.08. The van der Waals surface area contributed by atoms with Crippen LogP contribution in [0.1, 0.15) is 5.56 Å². The van der Waals surface area contributed by atoms with Crippen molar-refractivity contribution in [2.75, 3.05) is 0 Å². The van der Waals surface area contributed by atoms with E-state index >= 15 is 0 Å². The van der Waals surface area contributed by atoms with Crippen molar-refractivity contribution in [3.63, 3.8) is 0 Å². The maximum absolute atomic E-state index is 9.45. The van der Waals surface area contributed by atoms with Crippen molar-refractivity contribution in [1.29, 1.82) is 0 Å². The summed E-state index contributed by atoms with van der Waals surface area (Å²) in [5.41, 5.74) is 0.958. The van der Waals surface area contributed by atoms with Gasteiger partial charge in [-0.05, 0) is 24.6 Å². The van der Waals surface area contributed by atoms with Gasteiger partial charge in [-0.15, -0.1) is 0 Å². The number of aryl methyl sites for hydroxylation is 1. The van der Waals surface area contributed by atoms with Crippen LogP contribution < -0.4 is 4.74 Å². The minimum absolute atomic E-state index is 0.0710. The van der Waals surface area contributed by atoms with Gasteiger partial charge in [-0.25, -0.2) is 9.97 Å². The zero-order valence-electron chi connectivity index (χ0n) is 8.21. The molecule has 0 saturated carbocycles. The molecule has 0 atom stereocenters. The molecule has 0 radical (unpaired) electrons. The third kappa shape index (κ3) is 2.22. The fourth-order valence-electron chi connectivity index (χ4n) is 1.08. The largest absolute Gasteiger partial charge is 0.504 e. The third-order valence-corrected chi connectivity index (χ3v) is 1.82. The van der Waals surface area contributed by atoms with Gasteiger partial charge >= 0.3 is 6.01 Å². The molecular weight excluding hydrogens is 192 g/mol. The first-order chi connectivity index (χ1) is 7.25. The number of hydrogen-bond donors (Lipinski definition) is 1. The lowest BCUT2D eigenvalue weighted by Crippen LogP contribution is -1.91. The second-order valence-corrected chi connectivity index (χ2v) is 3.11. The van der Waals surface area contributed by atoms with E-state index in [2.05, 4.69) is 9.97 Å². The Kier molecular flexibility index (Phi) is 2.49. The topological polar surface area (TPSA) is 55.2 Å². The van der Waals surface area contributed by atoms with Gasteiger partial charge < -0.3 is 9.84 Å². The van der Waals surface area contributed by atoms with E-state index in [1.807, 2.05) is 6.92 Å². The molecule has 76 valence electrons. The second-order valence-electron chi connectivity index (χ2n) is 3.11. The molecule has 4 nitrogen and oxygen atoms in total. The summed E-state index contributed by atoms with van der Waals surface area (Å²) in [6.07, 6.45) is 3.31. The summed E-state index contributed by atoms with van der Waals surface area (Å²) in [4.78, 5) is 7.94. The maximum Gasteiger partial charge on any atom is 0.322 e. The molecule has 4 heteroatoms. The van der Waals surface area contributed by atoms with E-state index in [4.69, 9.17) is 4.74 Å². The number of phenolic OH excluding ortho intramolecular Hbond substituents is 1. The average molecular weight is 202 g/mol. The summed E-state index contributed by atoms with van der Waals surface area (Å²) in [6.45, 7) is 1.89. The van der Waals surface area contributed by atoms with Crippen LogP contribution in [0.4, 0.5) is 0 Å². The Morgan fingerprint density at radius 3 is 2.47 bits per heavy atom. The first-order valence-electron chi connectivity index (χ1n) is 4.50. The Hall–Kier alpha value is -2.10. The molecule has 0 unspecified atom stereocenters. The van der Waals surface area contributed by atoms with Crippen LogP contribution in [0.2, 0.25) is 0 Å². The number of phenols is 1. The number of para-hydroxylation sites is 2. The molecule has 0 spiro atoms. The quantitative estimate of drug-likeness (QED) is 0.811. The molecule has 1 N–H and O–H groups in total. The predicted molar refractivity (Wildman–Crippen MR) is 54.9 cm³/mol. The minimum atomic E-state index is 0.0710. The molecule has 0 aliphatic carbocycles. The normalized spacial score (nSPS) is 9.93. The van der Waals surface area contributed by atoms with Crippen LogP contribution >= 0.6 is 0 Å². The van der Waals surface area contributed by atoms with Crippen molar-refractivity contribution in [3.05, 3.63) is 42.2 Å². The van der Waals surface area contributed by atoms with Crippen LogP contribution in [-0.4, -0.2) is 15.1 Å². The first-order valence-corrected chi connectivity index (χ1v) is 4.50. The van der Waals surface area contributed by atoms with E-state index in [0.717, 1.165) is 5.56 Å². The van der Waals surface area contributed by atoms with Gasteiger partial charge in [-0.3, -0.25) is 0 Å². The molecule has 0 amide bonds. The van der Waals surface area contributed by atoms with Gasteiger partial charge in [0.05, 0.1) is 0 Å². The zero-order chi connectivity index (χ0) is 10.7. The maximum atomic E-state index is 9.45. The fraction of sp³-hybridized carbons (Fsp3) is 0.0909. The van der Waals surface area contributed by atoms with Gasteiger partial charge in [0, 0.05) is 12.4 Å². The standard InChI is InChI=1S/C11H10N2O2/c1-8-6-12-11(13-7-8)15-10-5-3-2-4-9(10)14/h2-7,14H,1H3. The van der Waals surface area contributed by atoms with Gasteiger partial charge in [0.25, 0.3) is 0 Å². The number of rotatable bonds is 2. The Bertz CT molecular complexity index is 454. The smallest absolute Gasteiger partial charge is 0.322 e. The Morgan fingerprint density at radius 2 is 1.80 bits per heavy atom. The lowest BCUT2D eigenvalue weighted by molar-refractivity contribution is 0.392. The monoisotopic (exact) mass is 202 g/mol. The summed E-state index contributed by atoms with van der Waals surface area (Å²) in [5, 5.41) is 9.45. The van der Waals surface area contributed by atoms with E-state index < -0.39 is 0 Å². The SMILES string of the molecule is Cc1cnc(Oc2ccccc2O)nc1. The van der Waals surface area contributed by atoms with Crippen LogP contribution in [0.15, 0.2) is 36.7 Å². The van der Waals surface area contributed by atoms with Crippen molar-refractivity contribution >= 4 is 0 Å². The van der Waals surface area contributed by atoms with Gasteiger partial charge in [0.15, 0.2) is 11.5 Å². The van der Waals surface area contributed by atoms with Crippen molar-refractivity contribution in [3.8, 4) is 17.5 Å². The number of aromatic hydroxyl groups is 1. The van der Waals surface area contributed by atoms with E-state index in [1.54, 1.807) is 36.7 Å². The van der Waals surface area contributed by atoms with Crippen LogP contribution in [-0.2, 0) is 0 Å². The highest BCUT2D eigenvalue weighted by atomic mass is 16.5. The number of nitrogens with zero attached hydrogens (tertiary/aromatic N) is 2. The van der Waals surface area contributed by atoms with Crippen LogP contribution in [0.25, 0.3) is 0 Å². The molecule has 0 saturated heterocycles. The molecule has 0 bridgehead atoms.